The minimum atomic E-state index is 0.0290. The van der Waals surface area contributed by atoms with Crippen molar-refractivity contribution in [2.45, 2.75) is 26.2 Å². The molecule has 0 aliphatic rings. The Balaban J connectivity index is 1.78. The molecule has 0 bridgehead atoms. The van der Waals surface area contributed by atoms with Crippen molar-refractivity contribution in [1.82, 2.24) is 25.4 Å². The highest BCUT2D eigenvalue weighted by Crippen LogP contribution is 2.28. The van der Waals surface area contributed by atoms with Crippen molar-refractivity contribution >= 4 is 10.9 Å². The van der Waals surface area contributed by atoms with Crippen LogP contribution in [-0.4, -0.2) is 25.4 Å². The van der Waals surface area contributed by atoms with Crippen LogP contribution in [0.5, 0.6) is 0 Å². The van der Waals surface area contributed by atoms with E-state index in [0.717, 1.165) is 39.4 Å². The second-order valence-corrected chi connectivity index (χ2v) is 6.94. The quantitative estimate of drug-likeness (QED) is 0.578. The first kappa shape index (κ1) is 14.6. The molecule has 0 aliphatic carbocycles. The van der Waals surface area contributed by atoms with E-state index in [1.165, 1.54) is 0 Å². The first-order valence-electron chi connectivity index (χ1n) is 7.99. The first-order valence-corrected chi connectivity index (χ1v) is 7.99. The number of fused-ring (bicyclic) bond motifs is 1. The Bertz CT molecular complexity index is 1000. The normalized spacial score (nSPS) is 12.0. The van der Waals surface area contributed by atoms with Crippen LogP contribution in [0.3, 0.4) is 0 Å². The van der Waals surface area contributed by atoms with Crippen LogP contribution in [0.2, 0.25) is 0 Å². The van der Waals surface area contributed by atoms with E-state index in [-0.39, 0.29) is 5.41 Å². The second kappa shape index (κ2) is 5.30. The zero-order chi connectivity index (χ0) is 16.7. The van der Waals surface area contributed by atoms with Gasteiger partial charge in [-0.1, -0.05) is 45.0 Å². The summed E-state index contributed by atoms with van der Waals surface area (Å²) >= 11 is 0. The van der Waals surface area contributed by atoms with E-state index in [1.54, 1.807) is 0 Å². The SMILES string of the molecule is CC(C)(C)c1cc(-c2cccc(-c3n[nH]c4ccccc34)n2)n[nH]1. The summed E-state index contributed by atoms with van der Waals surface area (Å²) in [5.41, 5.74) is 5.52. The Kier molecular flexibility index (Phi) is 3.23. The smallest absolute Gasteiger partial charge is 0.118 e. The van der Waals surface area contributed by atoms with Crippen LogP contribution < -0.4 is 0 Å². The molecule has 4 rings (SSSR count). The first-order chi connectivity index (χ1) is 11.5. The molecular weight excluding hydrogens is 298 g/mol. The standard InChI is InChI=1S/C19H19N5/c1-19(2,3)17-11-16(22-23-17)14-9-6-10-15(20-14)18-12-7-4-5-8-13(12)21-24-18/h4-11H,1-3H3,(H,21,24)(H,22,23). The van der Waals surface area contributed by atoms with Crippen molar-refractivity contribution in [2.24, 2.45) is 0 Å². The van der Waals surface area contributed by atoms with Crippen LogP contribution in [0.25, 0.3) is 33.7 Å². The molecule has 5 heteroatoms. The monoisotopic (exact) mass is 317 g/mol. The van der Waals surface area contributed by atoms with Crippen molar-refractivity contribution in [1.29, 1.82) is 0 Å². The molecule has 120 valence electrons. The average Bonchev–Trinajstić information content (AvgIpc) is 3.22. The van der Waals surface area contributed by atoms with Gasteiger partial charge in [-0.15, -0.1) is 0 Å². The van der Waals surface area contributed by atoms with E-state index in [9.17, 15) is 0 Å². The predicted octanol–water partition coefficient (Wildman–Crippen LogP) is 4.31. The molecule has 5 nitrogen and oxygen atoms in total. The van der Waals surface area contributed by atoms with Crippen molar-refractivity contribution in [3.63, 3.8) is 0 Å². The average molecular weight is 317 g/mol. The number of hydrogen-bond donors (Lipinski definition) is 2. The lowest BCUT2D eigenvalue weighted by Gasteiger charge is -2.14. The van der Waals surface area contributed by atoms with E-state index in [0.29, 0.717) is 0 Å². The second-order valence-electron chi connectivity index (χ2n) is 6.94. The molecule has 0 radical (unpaired) electrons. The molecule has 1 aromatic carbocycles. The van der Waals surface area contributed by atoms with Crippen LogP contribution in [0.1, 0.15) is 26.5 Å². The molecule has 3 aromatic heterocycles. The lowest BCUT2D eigenvalue weighted by molar-refractivity contribution is 0.567. The Hall–Kier alpha value is -2.95. The Morgan fingerprint density at radius 2 is 1.58 bits per heavy atom. The molecule has 0 aliphatic heterocycles. The number of nitrogens with one attached hydrogen (secondary N) is 2. The fraction of sp³-hybridized carbons (Fsp3) is 0.211. The fourth-order valence-corrected chi connectivity index (χ4v) is 2.71. The largest absolute Gasteiger partial charge is 0.281 e. The highest BCUT2D eigenvalue weighted by Gasteiger charge is 2.18. The topological polar surface area (TPSA) is 70.2 Å². The van der Waals surface area contributed by atoms with Crippen molar-refractivity contribution in [2.75, 3.05) is 0 Å². The minimum Gasteiger partial charge on any atom is -0.281 e. The molecule has 0 atom stereocenters. The van der Waals surface area contributed by atoms with Gasteiger partial charge in [0.15, 0.2) is 0 Å². The lowest BCUT2D eigenvalue weighted by atomic mass is 9.92. The number of para-hydroxylation sites is 1. The third-order valence-corrected chi connectivity index (χ3v) is 4.11. The van der Waals surface area contributed by atoms with Crippen LogP contribution in [-0.2, 0) is 5.41 Å². The molecule has 0 saturated heterocycles. The molecular formula is C19H19N5. The zero-order valence-corrected chi connectivity index (χ0v) is 14.0. The highest BCUT2D eigenvalue weighted by atomic mass is 15.1. The Labute approximate surface area is 140 Å². The molecule has 3 heterocycles. The van der Waals surface area contributed by atoms with Gasteiger partial charge in [-0.3, -0.25) is 10.2 Å². The number of nitrogens with zero attached hydrogens (tertiary/aromatic N) is 3. The van der Waals surface area contributed by atoms with Gasteiger partial charge in [0.25, 0.3) is 0 Å². The molecule has 0 amide bonds. The summed E-state index contributed by atoms with van der Waals surface area (Å²) in [5, 5.41) is 16.1. The van der Waals surface area contributed by atoms with Gasteiger partial charge in [0, 0.05) is 16.5 Å². The Morgan fingerprint density at radius 1 is 0.792 bits per heavy atom. The molecule has 4 aromatic rings. The molecule has 0 fully saturated rings. The number of pyridine rings is 1. The third-order valence-electron chi connectivity index (χ3n) is 4.11. The minimum absolute atomic E-state index is 0.0290. The van der Waals surface area contributed by atoms with Crippen LogP contribution in [0, 0.1) is 0 Å². The maximum atomic E-state index is 4.77. The number of hydrogen-bond acceptors (Lipinski definition) is 3. The van der Waals surface area contributed by atoms with Gasteiger partial charge >= 0.3 is 0 Å². The van der Waals surface area contributed by atoms with E-state index in [4.69, 9.17) is 4.98 Å². The van der Waals surface area contributed by atoms with Gasteiger partial charge in [-0.2, -0.15) is 10.2 Å². The summed E-state index contributed by atoms with van der Waals surface area (Å²) in [6.45, 7) is 6.47. The van der Waals surface area contributed by atoms with Crippen LogP contribution in [0.15, 0.2) is 48.5 Å². The summed E-state index contributed by atoms with van der Waals surface area (Å²) < 4.78 is 0. The highest BCUT2D eigenvalue weighted by molar-refractivity contribution is 5.92. The van der Waals surface area contributed by atoms with Crippen LogP contribution in [0.4, 0.5) is 0 Å². The number of benzene rings is 1. The predicted molar refractivity (Wildman–Crippen MR) is 95.6 cm³/mol. The van der Waals surface area contributed by atoms with Crippen molar-refractivity contribution in [3.8, 4) is 22.8 Å². The van der Waals surface area contributed by atoms with Gasteiger partial charge in [0.1, 0.15) is 11.4 Å². The number of aromatic amines is 2. The Morgan fingerprint density at radius 3 is 2.38 bits per heavy atom. The van der Waals surface area contributed by atoms with Gasteiger partial charge in [0.05, 0.1) is 16.9 Å². The van der Waals surface area contributed by atoms with Gasteiger partial charge in [-0.25, -0.2) is 4.98 Å². The molecule has 0 unspecified atom stereocenters. The number of aromatic nitrogens is 5. The number of rotatable bonds is 2. The molecule has 2 N–H and O–H groups in total. The zero-order valence-electron chi connectivity index (χ0n) is 14.0. The van der Waals surface area contributed by atoms with Gasteiger partial charge in [0.2, 0.25) is 0 Å². The molecule has 0 spiro atoms. The van der Waals surface area contributed by atoms with Gasteiger partial charge < -0.3 is 0 Å². The maximum absolute atomic E-state index is 4.77. The summed E-state index contributed by atoms with van der Waals surface area (Å²) in [5.74, 6) is 0. The van der Waals surface area contributed by atoms with Crippen molar-refractivity contribution in [3.05, 3.63) is 54.2 Å². The molecule has 0 saturated carbocycles. The summed E-state index contributed by atoms with van der Waals surface area (Å²) in [7, 11) is 0. The number of H-pyrrole nitrogens is 2. The summed E-state index contributed by atoms with van der Waals surface area (Å²) in [4.78, 5) is 4.77. The lowest BCUT2D eigenvalue weighted by Crippen LogP contribution is -2.11. The van der Waals surface area contributed by atoms with E-state index < -0.39 is 0 Å². The van der Waals surface area contributed by atoms with E-state index >= 15 is 0 Å². The van der Waals surface area contributed by atoms with Crippen molar-refractivity contribution < 1.29 is 0 Å². The fourth-order valence-electron chi connectivity index (χ4n) is 2.71. The maximum Gasteiger partial charge on any atom is 0.118 e. The molecule has 24 heavy (non-hydrogen) atoms. The summed E-state index contributed by atoms with van der Waals surface area (Å²) in [6.07, 6.45) is 0. The van der Waals surface area contributed by atoms with E-state index in [1.807, 2.05) is 36.4 Å². The van der Waals surface area contributed by atoms with E-state index in [2.05, 4.69) is 53.3 Å². The summed E-state index contributed by atoms with van der Waals surface area (Å²) in [6, 6.07) is 16.1. The van der Waals surface area contributed by atoms with Crippen LogP contribution >= 0.6 is 0 Å². The van der Waals surface area contributed by atoms with Gasteiger partial charge in [-0.05, 0) is 24.3 Å². The third kappa shape index (κ3) is 2.48.